The number of halogens is 1. The van der Waals surface area contributed by atoms with Crippen LogP contribution in [0, 0.1) is 5.82 Å². The monoisotopic (exact) mass is 632 g/mol. The van der Waals surface area contributed by atoms with Crippen LogP contribution in [0.1, 0.15) is 40.9 Å². The number of para-hydroxylation sites is 1. The number of ether oxygens (including phenoxy) is 2. The molecule has 6 nitrogen and oxygen atoms in total. The number of carbonyl (C=O) groups excluding carboxylic acids is 1. The summed E-state index contributed by atoms with van der Waals surface area (Å²) in [6.07, 6.45) is 2.91. The summed E-state index contributed by atoms with van der Waals surface area (Å²) in [5.74, 6) is -0.523. The highest BCUT2D eigenvalue weighted by Crippen LogP contribution is 2.41. The predicted octanol–water partition coefficient (Wildman–Crippen LogP) is 7.94. The summed E-state index contributed by atoms with van der Waals surface area (Å²) in [7, 11) is 1.70. The number of amides is 1. The van der Waals surface area contributed by atoms with Crippen molar-refractivity contribution in [3.8, 4) is 22.4 Å². The lowest BCUT2D eigenvalue weighted by atomic mass is 9.95. The summed E-state index contributed by atoms with van der Waals surface area (Å²) in [6.45, 7) is 0.486. The van der Waals surface area contributed by atoms with Gasteiger partial charge in [-0.05, 0) is 78.8 Å². The Morgan fingerprint density at radius 1 is 0.851 bits per heavy atom. The summed E-state index contributed by atoms with van der Waals surface area (Å²) in [5.41, 5.74) is 6.76. The maximum Gasteiger partial charge on any atom is 0.258 e. The molecule has 1 aliphatic rings. The molecular formula is C40H41FN2O4. The van der Waals surface area contributed by atoms with Crippen LogP contribution in [0.2, 0.25) is 0 Å². The average Bonchev–Trinajstić information content (AvgIpc) is 3.45. The Balaban J connectivity index is 1.52. The van der Waals surface area contributed by atoms with E-state index < -0.39 is 0 Å². The summed E-state index contributed by atoms with van der Waals surface area (Å²) >= 11 is 0. The number of rotatable bonds is 12. The number of aryl methyl sites for hydroxylation is 1. The molecule has 3 unspecified atom stereocenters. The second-order valence-electron chi connectivity index (χ2n) is 12.1. The van der Waals surface area contributed by atoms with Gasteiger partial charge in [-0.2, -0.15) is 0 Å². The molecule has 0 bridgehead atoms. The standard InChI is InChI=1S/C40H41FN2O4/c1-46-34-25-33(47-35(26-34)27-44)23-24-43-36(22-17-28-11-5-2-6-12-28)38(40(45)42-32-15-9-4-10-16-32)37(29-13-7-3-8-14-29)39(43)30-18-20-31(41)21-19-30/h2-16,18-21,33-35,44H,17,22-27H2,1H3,(H,42,45). The first-order valence-corrected chi connectivity index (χ1v) is 16.3. The van der Waals surface area contributed by atoms with Gasteiger partial charge in [0.05, 0.1) is 36.2 Å². The molecule has 1 aliphatic heterocycles. The SMILES string of the molecule is COC1CC(CO)OC(CCn2c(CCc3ccccc3)c(C(=O)Nc3ccccc3)c(-c3ccccc3)c2-c2ccc(F)cc2)C1. The van der Waals surface area contributed by atoms with Gasteiger partial charge >= 0.3 is 0 Å². The van der Waals surface area contributed by atoms with Crippen LogP contribution >= 0.6 is 0 Å². The lowest BCUT2D eigenvalue weighted by molar-refractivity contribution is -0.122. The fourth-order valence-corrected chi connectivity index (χ4v) is 6.67. The van der Waals surface area contributed by atoms with E-state index in [2.05, 4.69) is 22.0 Å². The van der Waals surface area contributed by atoms with Crippen LogP contribution in [0.25, 0.3) is 22.4 Å². The third-order valence-electron chi connectivity index (χ3n) is 8.95. The summed E-state index contributed by atoms with van der Waals surface area (Å²) in [5, 5.41) is 13.1. The van der Waals surface area contributed by atoms with E-state index in [0.717, 1.165) is 34.5 Å². The van der Waals surface area contributed by atoms with Crippen LogP contribution < -0.4 is 5.32 Å². The van der Waals surface area contributed by atoms with Crippen molar-refractivity contribution in [1.29, 1.82) is 0 Å². The molecule has 1 amide bonds. The Labute approximate surface area is 275 Å². The first-order valence-electron chi connectivity index (χ1n) is 16.3. The Hall–Kier alpha value is -4.56. The largest absolute Gasteiger partial charge is 0.394 e. The van der Waals surface area contributed by atoms with E-state index in [0.29, 0.717) is 43.5 Å². The van der Waals surface area contributed by atoms with Crippen LogP contribution in [0.4, 0.5) is 10.1 Å². The van der Waals surface area contributed by atoms with Gasteiger partial charge in [-0.15, -0.1) is 0 Å². The van der Waals surface area contributed by atoms with Crippen molar-refractivity contribution in [3.63, 3.8) is 0 Å². The third kappa shape index (κ3) is 7.71. The quantitative estimate of drug-likeness (QED) is 0.147. The molecule has 6 rings (SSSR count). The van der Waals surface area contributed by atoms with Crippen LogP contribution in [0.5, 0.6) is 0 Å². The number of nitrogens with one attached hydrogen (secondary N) is 1. The zero-order chi connectivity index (χ0) is 32.6. The molecule has 5 aromatic rings. The highest BCUT2D eigenvalue weighted by Gasteiger charge is 2.32. The van der Waals surface area contributed by atoms with Crippen molar-refractivity contribution >= 4 is 11.6 Å². The molecule has 1 saturated heterocycles. The molecule has 2 N–H and O–H groups in total. The average molecular weight is 633 g/mol. The molecule has 0 aliphatic carbocycles. The van der Waals surface area contributed by atoms with Crippen LogP contribution in [0.15, 0.2) is 115 Å². The number of anilines is 1. The minimum absolute atomic E-state index is 0.00299. The van der Waals surface area contributed by atoms with Crippen molar-refractivity contribution < 1.29 is 23.8 Å². The number of hydrogen-bond donors (Lipinski definition) is 2. The smallest absolute Gasteiger partial charge is 0.258 e. The number of nitrogens with zero attached hydrogens (tertiary/aromatic N) is 1. The van der Waals surface area contributed by atoms with Gasteiger partial charge in [-0.25, -0.2) is 4.39 Å². The molecule has 7 heteroatoms. The molecule has 3 atom stereocenters. The molecule has 242 valence electrons. The van der Waals surface area contributed by atoms with Crippen LogP contribution in [0.3, 0.4) is 0 Å². The Bertz CT molecular complexity index is 1730. The normalized spacial score (nSPS) is 17.8. The first-order chi connectivity index (χ1) is 23.0. The molecule has 0 saturated carbocycles. The van der Waals surface area contributed by atoms with Crippen molar-refractivity contribution in [1.82, 2.24) is 4.57 Å². The van der Waals surface area contributed by atoms with E-state index in [1.165, 1.54) is 17.7 Å². The minimum Gasteiger partial charge on any atom is -0.394 e. The van der Waals surface area contributed by atoms with E-state index in [-0.39, 0.29) is 36.6 Å². The second kappa shape index (κ2) is 15.4. The minimum atomic E-state index is -0.323. The van der Waals surface area contributed by atoms with Gasteiger partial charge in [0.2, 0.25) is 0 Å². The van der Waals surface area contributed by atoms with Gasteiger partial charge in [-0.1, -0.05) is 78.9 Å². The molecule has 1 aromatic heterocycles. The van der Waals surface area contributed by atoms with E-state index in [4.69, 9.17) is 9.47 Å². The maximum absolute atomic E-state index is 14.5. The van der Waals surface area contributed by atoms with Gasteiger partial charge in [-0.3, -0.25) is 4.79 Å². The fourth-order valence-electron chi connectivity index (χ4n) is 6.67. The first kappa shape index (κ1) is 32.4. The van der Waals surface area contributed by atoms with Gasteiger partial charge < -0.3 is 24.5 Å². The number of hydrogen-bond acceptors (Lipinski definition) is 4. The number of carbonyl (C=O) groups is 1. The molecule has 1 fully saturated rings. The molecule has 4 aromatic carbocycles. The number of aliphatic hydroxyl groups excluding tert-OH is 1. The van der Waals surface area contributed by atoms with Gasteiger partial charge in [0, 0.05) is 37.0 Å². The number of methoxy groups -OCH3 is 1. The number of benzene rings is 4. The van der Waals surface area contributed by atoms with Gasteiger partial charge in [0.1, 0.15) is 5.82 Å². The fraction of sp³-hybridized carbons (Fsp3) is 0.275. The second-order valence-corrected chi connectivity index (χ2v) is 12.1. The van der Waals surface area contributed by atoms with Crippen LogP contribution in [-0.4, -0.2) is 47.6 Å². The number of aliphatic hydroxyl groups is 1. The summed E-state index contributed by atoms with van der Waals surface area (Å²) in [6, 6.07) is 36.2. The predicted molar refractivity (Wildman–Crippen MR) is 184 cm³/mol. The van der Waals surface area contributed by atoms with E-state index >= 15 is 0 Å². The highest BCUT2D eigenvalue weighted by atomic mass is 19.1. The molecule has 47 heavy (non-hydrogen) atoms. The van der Waals surface area contributed by atoms with Crippen molar-refractivity contribution in [2.75, 3.05) is 19.0 Å². The van der Waals surface area contributed by atoms with E-state index in [9.17, 15) is 14.3 Å². The van der Waals surface area contributed by atoms with E-state index in [1.807, 2.05) is 78.9 Å². The van der Waals surface area contributed by atoms with E-state index in [1.54, 1.807) is 19.2 Å². The summed E-state index contributed by atoms with van der Waals surface area (Å²) in [4.78, 5) is 14.5. The maximum atomic E-state index is 14.5. The molecular weight excluding hydrogens is 591 g/mol. The lowest BCUT2D eigenvalue weighted by Crippen LogP contribution is -2.39. The third-order valence-corrected chi connectivity index (χ3v) is 8.95. The van der Waals surface area contributed by atoms with Crippen molar-refractivity contribution in [2.45, 2.75) is 57.0 Å². The van der Waals surface area contributed by atoms with Crippen molar-refractivity contribution in [3.05, 3.63) is 138 Å². The zero-order valence-electron chi connectivity index (χ0n) is 26.6. The van der Waals surface area contributed by atoms with Gasteiger partial charge in [0.25, 0.3) is 5.91 Å². The van der Waals surface area contributed by atoms with Crippen LogP contribution in [-0.2, 0) is 28.9 Å². The Morgan fingerprint density at radius 2 is 1.49 bits per heavy atom. The Morgan fingerprint density at radius 3 is 2.15 bits per heavy atom. The summed E-state index contributed by atoms with van der Waals surface area (Å²) < 4.78 is 28.5. The topological polar surface area (TPSA) is 72.7 Å². The zero-order valence-corrected chi connectivity index (χ0v) is 26.6. The number of aromatic nitrogens is 1. The van der Waals surface area contributed by atoms with Gasteiger partial charge in [0.15, 0.2) is 0 Å². The molecule has 0 spiro atoms. The molecule has 0 radical (unpaired) electrons. The Kier molecular flexibility index (Phi) is 10.6. The van der Waals surface area contributed by atoms with Crippen molar-refractivity contribution in [2.24, 2.45) is 0 Å². The molecule has 2 heterocycles. The lowest BCUT2D eigenvalue weighted by Gasteiger charge is -2.34. The highest BCUT2D eigenvalue weighted by molar-refractivity contribution is 6.12.